The minimum Gasteiger partial charge on any atom is -0.432 e. The van der Waals surface area contributed by atoms with Crippen LogP contribution in [0.2, 0.25) is 0 Å². The summed E-state index contributed by atoms with van der Waals surface area (Å²) in [6.45, 7) is 6.79. The van der Waals surface area contributed by atoms with Crippen LogP contribution in [-0.4, -0.2) is 38.3 Å². The highest BCUT2D eigenvalue weighted by Crippen LogP contribution is 2.22. The van der Waals surface area contributed by atoms with E-state index in [4.69, 9.17) is 9.15 Å². The Labute approximate surface area is 115 Å². The van der Waals surface area contributed by atoms with Crippen LogP contribution in [0, 0.1) is 5.92 Å². The third-order valence-electron chi connectivity index (χ3n) is 3.46. The first-order chi connectivity index (χ1) is 9.33. The molecule has 5 heteroatoms. The van der Waals surface area contributed by atoms with Gasteiger partial charge < -0.3 is 19.4 Å². The average molecular weight is 267 g/mol. The Morgan fingerprint density at radius 1 is 1.58 bits per heavy atom. The van der Waals surface area contributed by atoms with Crippen molar-refractivity contribution in [2.45, 2.75) is 32.7 Å². The Kier molecular flexibility index (Phi) is 5.66. The maximum absolute atomic E-state index is 5.60. The van der Waals surface area contributed by atoms with E-state index in [1.807, 2.05) is 0 Å². The molecule has 0 radical (unpaired) electrons. The van der Waals surface area contributed by atoms with E-state index in [2.05, 4.69) is 22.1 Å². The van der Waals surface area contributed by atoms with E-state index in [1.54, 1.807) is 13.4 Å². The minimum atomic E-state index is 0.590. The van der Waals surface area contributed by atoms with Crippen LogP contribution in [0.3, 0.4) is 0 Å². The fourth-order valence-corrected chi connectivity index (χ4v) is 2.53. The molecular formula is C14H25N3O2. The van der Waals surface area contributed by atoms with Crippen molar-refractivity contribution in [2.75, 3.05) is 38.3 Å². The first-order valence-corrected chi connectivity index (χ1v) is 7.22. The third-order valence-corrected chi connectivity index (χ3v) is 3.46. The Morgan fingerprint density at radius 3 is 3.26 bits per heavy atom. The molecule has 1 aromatic rings. The van der Waals surface area contributed by atoms with Gasteiger partial charge in [0.15, 0.2) is 0 Å². The molecule has 1 atom stereocenters. The van der Waals surface area contributed by atoms with Gasteiger partial charge in [0.1, 0.15) is 6.26 Å². The smallest absolute Gasteiger partial charge is 0.297 e. The number of nitrogens with one attached hydrogen (secondary N) is 1. The molecule has 2 heterocycles. The molecule has 0 saturated carbocycles. The van der Waals surface area contributed by atoms with Crippen LogP contribution >= 0.6 is 0 Å². The highest BCUT2D eigenvalue weighted by Gasteiger charge is 2.22. The molecule has 5 nitrogen and oxygen atoms in total. The van der Waals surface area contributed by atoms with Gasteiger partial charge in [-0.15, -0.1) is 0 Å². The van der Waals surface area contributed by atoms with Gasteiger partial charge in [-0.3, -0.25) is 0 Å². The second-order valence-electron chi connectivity index (χ2n) is 5.21. The van der Waals surface area contributed by atoms with Crippen molar-refractivity contribution in [2.24, 2.45) is 5.92 Å². The molecule has 1 unspecified atom stereocenters. The molecule has 19 heavy (non-hydrogen) atoms. The molecule has 0 aliphatic carbocycles. The molecule has 1 saturated heterocycles. The van der Waals surface area contributed by atoms with Crippen LogP contribution in [0.15, 0.2) is 10.7 Å². The van der Waals surface area contributed by atoms with Gasteiger partial charge in [0.2, 0.25) is 0 Å². The van der Waals surface area contributed by atoms with E-state index in [1.165, 1.54) is 12.8 Å². The van der Waals surface area contributed by atoms with Crippen LogP contribution < -0.4 is 10.2 Å². The van der Waals surface area contributed by atoms with Gasteiger partial charge in [-0.05, 0) is 31.7 Å². The van der Waals surface area contributed by atoms with Crippen molar-refractivity contribution in [1.29, 1.82) is 0 Å². The number of ether oxygens (including phenoxy) is 1. The van der Waals surface area contributed by atoms with Gasteiger partial charge in [0.25, 0.3) is 6.01 Å². The molecular weight excluding hydrogens is 242 g/mol. The average Bonchev–Trinajstić information content (AvgIpc) is 2.89. The number of hydrogen-bond acceptors (Lipinski definition) is 5. The summed E-state index contributed by atoms with van der Waals surface area (Å²) in [5, 5.41) is 3.34. The third kappa shape index (κ3) is 4.21. The fraction of sp³-hybridized carbons (Fsp3) is 0.786. The molecule has 0 aromatic carbocycles. The van der Waals surface area contributed by atoms with Gasteiger partial charge in [-0.2, -0.15) is 4.98 Å². The Balaban J connectivity index is 1.86. The summed E-state index contributed by atoms with van der Waals surface area (Å²) < 4.78 is 10.8. The number of aromatic nitrogens is 1. The Hall–Kier alpha value is -1.07. The zero-order chi connectivity index (χ0) is 13.5. The van der Waals surface area contributed by atoms with Crippen molar-refractivity contribution < 1.29 is 9.15 Å². The lowest BCUT2D eigenvalue weighted by molar-refractivity contribution is 0.142. The largest absolute Gasteiger partial charge is 0.432 e. The second kappa shape index (κ2) is 7.50. The first-order valence-electron chi connectivity index (χ1n) is 7.22. The maximum atomic E-state index is 5.60. The standard InChI is InChI=1S/C14H25N3O2/c1-3-6-15-8-13-11-19-14(16-13)17-7-4-5-12(9-17)10-18-2/h11-12,15H,3-10H2,1-2H3. The van der Waals surface area contributed by atoms with Crippen molar-refractivity contribution in [3.05, 3.63) is 12.0 Å². The quantitative estimate of drug-likeness (QED) is 0.766. The number of oxazole rings is 1. The van der Waals surface area contributed by atoms with Crippen LogP contribution in [0.4, 0.5) is 6.01 Å². The number of methoxy groups -OCH3 is 1. The number of piperidine rings is 1. The van der Waals surface area contributed by atoms with E-state index < -0.39 is 0 Å². The predicted octanol–water partition coefficient (Wildman–Crippen LogP) is 2.04. The summed E-state index contributed by atoms with van der Waals surface area (Å²) in [6.07, 6.45) is 5.31. The molecule has 1 N–H and O–H groups in total. The molecule has 108 valence electrons. The molecule has 0 bridgehead atoms. The molecule has 1 aliphatic heterocycles. The lowest BCUT2D eigenvalue weighted by Gasteiger charge is -2.31. The van der Waals surface area contributed by atoms with E-state index in [-0.39, 0.29) is 0 Å². The molecule has 2 rings (SSSR count). The summed E-state index contributed by atoms with van der Waals surface area (Å²) in [5.41, 5.74) is 0.984. The summed E-state index contributed by atoms with van der Waals surface area (Å²) in [5.74, 6) is 0.590. The van der Waals surface area contributed by atoms with Gasteiger partial charge >= 0.3 is 0 Å². The maximum Gasteiger partial charge on any atom is 0.297 e. The predicted molar refractivity (Wildman–Crippen MR) is 75.3 cm³/mol. The Morgan fingerprint density at radius 2 is 2.47 bits per heavy atom. The lowest BCUT2D eigenvalue weighted by Crippen LogP contribution is -2.37. The molecule has 0 spiro atoms. The highest BCUT2D eigenvalue weighted by molar-refractivity contribution is 5.27. The van der Waals surface area contributed by atoms with Crippen molar-refractivity contribution in [3.63, 3.8) is 0 Å². The normalized spacial score (nSPS) is 19.9. The van der Waals surface area contributed by atoms with Crippen molar-refractivity contribution in [1.82, 2.24) is 10.3 Å². The van der Waals surface area contributed by atoms with E-state index in [0.29, 0.717) is 5.92 Å². The van der Waals surface area contributed by atoms with Gasteiger partial charge in [0.05, 0.1) is 12.3 Å². The van der Waals surface area contributed by atoms with E-state index in [9.17, 15) is 0 Å². The zero-order valence-corrected chi connectivity index (χ0v) is 12.0. The zero-order valence-electron chi connectivity index (χ0n) is 12.0. The minimum absolute atomic E-state index is 0.590. The van der Waals surface area contributed by atoms with Gasteiger partial charge in [0, 0.05) is 26.7 Å². The van der Waals surface area contributed by atoms with E-state index >= 15 is 0 Å². The topological polar surface area (TPSA) is 50.5 Å². The SMILES string of the molecule is CCCNCc1coc(N2CCCC(COC)C2)n1. The van der Waals surface area contributed by atoms with Crippen molar-refractivity contribution in [3.8, 4) is 0 Å². The van der Waals surface area contributed by atoms with Crippen LogP contribution in [-0.2, 0) is 11.3 Å². The van der Waals surface area contributed by atoms with Gasteiger partial charge in [-0.25, -0.2) is 0 Å². The second-order valence-corrected chi connectivity index (χ2v) is 5.21. The molecule has 0 amide bonds. The number of rotatable bonds is 7. The lowest BCUT2D eigenvalue weighted by atomic mass is 9.99. The summed E-state index contributed by atoms with van der Waals surface area (Å²) in [7, 11) is 1.77. The van der Waals surface area contributed by atoms with Gasteiger partial charge in [-0.1, -0.05) is 6.92 Å². The van der Waals surface area contributed by atoms with Crippen LogP contribution in [0.1, 0.15) is 31.9 Å². The molecule has 1 aromatic heterocycles. The molecule has 1 fully saturated rings. The summed E-state index contributed by atoms with van der Waals surface area (Å²) in [4.78, 5) is 6.79. The number of hydrogen-bond donors (Lipinski definition) is 1. The highest BCUT2D eigenvalue weighted by atomic mass is 16.5. The summed E-state index contributed by atoms with van der Waals surface area (Å²) in [6, 6.07) is 0.758. The van der Waals surface area contributed by atoms with Crippen molar-refractivity contribution >= 4 is 6.01 Å². The van der Waals surface area contributed by atoms with Crippen LogP contribution in [0.25, 0.3) is 0 Å². The first kappa shape index (κ1) is 14.3. The fourth-order valence-electron chi connectivity index (χ4n) is 2.53. The van der Waals surface area contributed by atoms with Crippen LogP contribution in [0.5, 0.6) is 0 Å². The van der Waals surface area contributed by atoms with E-state index in [0.717, 1.165) is 50.9 Å². The summed E-state index contributed by atoms with van der Waals surface area (Å²) >= 11 is 0. The Bertz CT molecular complexity index is 365. The molecule has 1 aliphatic rings. The number of nitrogens with zero attached hydrogens (tertiary/aromatic N) is 2. The number of anilines is 1. The monoisotopic (exact) mass is 267 g/mol.